The number of hydrogen-bond donors (Lipinski definition) is 3. The molecule has 36 heavy (non-hydrogen) atoms. The largest absolute Gasteiger partial charge is 0.480 e. The second-order valence-corrected chi connectivity index (χ2v) is 9.51. The molecule has 0 fully saturated rings. The van der Waals surface area contributed by atoms with Gasteiger partial charge >= 0.3 is 11.6 Å². The predicted octanol–water partition coefficient (Wildman–Crippen LogP) is 3.45. The second kappa shape index (κ2) is 10.6. The highest BCUT2D eigenvalue weighted by Gasteiger charge is 2.25. The third kappa shape index (κ3) is 5.01. The first kappa shape index (κ1) is 25.5. The summed E-state index contributed by atoms with van der Waals surface area (Å²) in [6.45, 7) is 5.10. The SMILES string of the molecule is CCCCC(NC(=O)Cc1c(C)c2cc3c4c(oc3c(C)c2oc1=O)CCCC4)C(=O)NCC(=O)O. The van der Waals surface area contributed by atoms with Crippen LogP contribution >= 0.6 is 0 Å². The lowest BCUT2D eigenvalue weighted by molar-refractivity contribution is -0.138. The van der Waals surface area contributed by atoms with Crippen LogP contribution in [0.2, 0.25) is 0 Å². The van der Waals surface area contributed by atoms with Crippen LogP contribution in [0, 0.1) is 13.8 Å². The van der Waals surface area contributed by atoms with Gasteiger partial charge in [-0.3, -0.25) is 14.4 Å². The van der Waals surface area contributed by atoms with Gasteiger partial charge in [-0.05, 0) is 51.2 Å². The van der Waals surface area contributed by atoms with Crippen molar-refractivity contribution in [1.82, 2.24) is 10.6 Å². The Morgan fingerprint density at radius 1 is 1.06 bits per heavy atom. The number of hydrogen-bond acceptors (Lipinski definition) is 6. The first-order valence-electron chi connectivity index (χ1n) is 12.5. The molecule has 0 radical (unpaired) electrons. The van der Waals surface area contributed by atoms with Crippen LogP contribution in [0.25, 0.3) is 21.9 Å². The summed E-state index contributed by atoms with van der Waals surface area (Å²) in [6.07, 6.45) is 5.62. The number of amides is 2. The van der Waals surface area contributed by atoms with Crippen LogP contribution in [0.4, 0.5) is 0 Å². The fourth-order valence-electron chi connectivity index (χ4n) is 4.99. The number of carbonyl (C=O) groups is 3. The Morgan fingerprint density at radius 2 is 1.78 bits per heavy atom. The maximum atomic E-state index is 12.9. The van der Waals surface area contributed by atoms with E-state index in [-0.39, 0.29) is 12.0 Å². The van der Waals surface area contributed by atoms with Crippen LogP contribution in [-0.2, 0) is 33.6 Å². The van der Waals surface area contributed by atoms with Gasteiger partial charge in [0.25, 0.3) is 0 Å². The number of fused-ring (bicyclic) bond motifs is 4. The van der Waals surface area contributed by atoms with Gasteiger partial charge in [-0.15, -0.1) is 0 Å². The molecule has 0 bridgehead atoms. The maximum absolute atomic E-state index is 12.9. The molecule has 0 spiro atoms. The lowest BCUT2D eigenvalue weighted by Crippen LogP contribution is -2.48. The number of carboxylic acids is 1. The molecule has 1 aliphatic rings. The Labute approximate surface area is 208 Å². The minimum Gasteiger partial charge on any atom is -0.480 e. The smallest absolute Gasteiger partial charge is 0.340 e. The molecular weight excluding hydrogens is 464 g/mol. The normalized spacial score (nSPS) is 14.0. The third-order valence-corrected chi connectivity index (χ3v) is 6.97. The molecule has 1 aliphatic carbocycles. The van der Waals surface area contributed by atoms with Crippen LogP contribution in [-0.4, -0.2) is 35.5 Å². The van der Waals surface area contributed by atoms with Crippen molar-refractivity contribution in [1.29, 1.82) is 0 Å². The Bertz CT molecular complexity index is 1400. The van der Waals surface area contributed by atoms with Crippen LogP contribution in [0.1, 0.15) is 67.0 Å². The van der Waals surface area contributed by atoms with Gasteiger partial charge in [0.15, 0.2) is 0 Å². The number of carboxylic acid groups (broad SMARTS) is 1. The number of benzene rings is 1. The van der Waals surface area contributed by atoms with E-state index in [1.807, 2.05) is 19.9 Å². The van der Waals surface area contributed by atoms with Gasteiger partial charge in [0.05, 0.1) is 12.0 Å². The summed E-state index contributed by atoms with van der Waals surface area (Å²) in [5, 5.41) is 15.6. The lowest BCUT2D eigenvalue weighted by atomic mass is 9.93. The maximum Gasteiger partial charge on any atom is 0.340 e. The van der Waals surface area contributed by atoms with Gasteiger partial charge in [-0.2, -0.15) is 0 Å². The van der Waals surface area contributed by atoms with E-state index in [9.17, 15) is 19.2 Å². The van der Waals surface area contributed by atoms with Gasteiger partial charge < -0.3 is 24.6 Å². The highest BCUT2D eigenvalue weighted by Crippen LogP contribution is 2.37. The number of carbonyl (C=O) groups excluding carboxylic acids is 2. The summed E-state index contributed by atoms with van der Waals surface area (Å²) >= 11 is 0. The molecule has 1 aromatic carbocycles. The number of rotatable bonds is 9. The van der Waals surface area contributed by atoms with Crippen molar-refractivity contribution in [2.45, 2.75) is 78.2 Å². The van der Waals surface area contributed by atoms with Crippen LogP contribution in [0.15, 0.2) is 19.7 Å². The monoisotopic (exact) mass is 496 g/mol. The first-order valence-corrected chi connectivity index (χ1v) is 12.5. The highest BCUT2D eigenvalue weighted by molar-refractivity contribution is 6.00. The summed E-state index contributed by atoms with van der Waals surface area (Å²) in [5.41, 5.74) is 3.46. The molecule has 0 saturated carbocycles. The lowest BCUT2D eigenvalue weighted by Gasteiger charge is -2.18. The summed E-state index contributed by atoms with van der Waals surface area (Å²) in [4.78, 5) is 49.0. The molecule has 9 nitrogen and oxygen atoms in total. The van der Waals surface area contributed by atoms with E-state index in [0.29, 0.717) is 24.0 Å². The first-order chi connectivity index (χ1) is 17.2. The second-order valence-electron chi connectivity index (χ2n) is 9.51. The molecule has 0 aliphatic heterocycles. The Morgan fingerprint density at radius 3 is 2.50 bits per heavy atom. The third-order valence-electron chi connectivity index (χ3n) is 6.97. The average molecular weight is 497 g/mol. The molecule has 3 aromatic rings. The van der Waals surface area contributed by atoms with Gasteiger partial charge in [-0.25, -0.2) is 4.79 Å². The number of unbranched alkanes of at least 4 members (excludes halogenated alkanes) is 1. The van der Waals surface area contributed by atoms with E-state index < -0.39 is 36.0 Å². The molecule has 1 atom stereocenters. The molecule has 1 unspecified atom stereocenters. The molecule has 2 heterocycles. The van der Waals surface area contributed by atoms with Gasteiger partial charge in [0.2, 0.25) is 11.8 Å². The summed E-state index contributed by atoms with van der Waals surface area (Å²) in [5.74, 6) is -1.25. The van der Waals surface area contributed by atoms with E-state index >= 15 is 0 Å². The number of aryl methyl sites for hydroxylation is 4. The molecule has 9 heteroatoms. The fourth-order valence-corrected chi connectivity index (χ4v) is 4.99. The van der Waals surface area contributed by atoms with E-state index in [2.05, 4.69) is 10.6 Å². The van der Waals surface area contributed by atoms with Gasteiger partial charge in [0, 0.05) is 28.3 Å². The highest BCUT2D eigenvalue weighted by atomic mass is 16.4. The quantitative estimate of drug-likeness (QED) is 0.386. The van der Waals surface area contributed by atoms with Crippen LogP contribution in [0.3, 0.4) is 0 Å². The molecule has 2 amide bonds. The number of nitrogens with one attached hydrogen (secondary N) is 2. The minimum absolute atomic E-state index is 0.233. The van der Waals surface area contributed by atoms with E-state index in [4.69, 9.17) is 13.9 Å². The number of furan rings is 1. The predicted molar refractivity (Wildman–Crippen MR) is 134 cm³/mol. The average Bonchev–Trinajstić information content (AvgIpc) is 3.22. The topological polar surface area (TPSA) is 139 Å². The Hall–Kier alpha value is -3.62. The molecule has 192 valence electrons. The van der Waals surface area contributed by atoms with Crippen LogP contribution < -0.4 is 16.3 Å². The zero-order valence-corrected chi connectivity index (χ0v) is 20.9. The summed E-state index contributed by atoms with van der Waals surface area (Å²) in [7, 11) is 0. The Balaban J connectivity index is 1.64. The zero-order chi connectivity index (χ0) is 26.0. The Kier molecular flexibility index (Phi) is 7.47. The fraction of sp³-hybridized carbons (Fsp3) is 0.481. The molecule has 2 aromatic heterocycles. The van der Waals surface area contributed by atoms with Crippen molar-refractivity contribution >= 4 is 39.7 Å². The van der Waals surface area contributed by atoms with E-state index in [0.717, 1.165) is 59.8 Å². The minimum atomic E-state index is -1.17. The van der Waals surface area contributed by atoms with E-state index in [1.165, 1.54) is 5.56 Å². The summed E-state index contributed by atoms with van der Waals surface area (Å²) < 4.78 is 11.8. The molecule has 0 saturated heterocycles. The van der Waals surface area contributed by atoms with Crippen molar-refractivity contribution in [3.8, 4) is 0 Å². The van der Waals surface area contributed by atoms with Crippen molar-refractivity contribution < 1.29 is 28.3 Å². The van der Waals surface area contributed by atoms with Gasteiger partial charge in [-0.1, -0.05) is 19.8 Å². The molecular formula is C27H32N2O7. The van der Waals surface area contributed by atoms with Crippen molar-refractivity contribution in [3.63, 3.8) is 0 Å². The van der Waals surface area contributed by atoms with Gasteiger partial charge in [0.1, 0.15) is 29.5 Å². The van der Waals surface area contributed by atoms with E-state index in [1.54, 1.807) is 6.92 Å². The standard InChI is InChI=1S/C27H32N2O7/c1-4-5-9-20(26(33)28-13-23(31)32)29-22(30)12-18-14(2)17-11-19-16-8-6-7-10-21(16)35-25(19)15(3)24(17)36-27(18)34/h11,20H,4-10,12-13H2,1-3H3,(H,28,33)(H,29,30)(H,31,32). The van der Waals surface area contributed by atoms with Crippen molar-refractivity contribution in [2.75, 3.05) is 6.54 Å². The van der Waals surface area contributed by atoms with Crippen molar-refractivity contribution in [3.05, 3.63) is 44.5 Å². The molecule has 3 N–H and O–H groups in total. The molecule has 4 rings (SSSR count). The van der Waals surface area contributed by atoms with Crippen molar-refractivity contribution in [2.24, 2.45) is 0 Å². The number of aliphatic carboxylic acids is 1. The zero-order valence-electron chi connectivity index (χ0n) is 20.9. The summed E-state index contributed by atoms with van der Waals surface area (Å²) in [6, 6.07) is 1.11. The van der Waals surface area contributed by atoms with Crippen LogP contribution in [0.5, 0.6) is 0 Å².